The highest BCUT2D eigenvalue weighted by atomic mass is 32.1. The van der Waals surface area contributed by atoms with Gasteiger partial charge in [-0.3, -0.25) is 9.59 Å². The molecule has 1 saturated heterocycles. The lowest BCUT2D eigenvalue weighted by Crippen LogP contribution is -2.30. The molecule has 0 aromatic carbocycles. The van der Waals surface area contributed by atoms with Gasteiger partial charge in [-0.1, -0.05) is 13.8 Å². The maximum absolute atomic E-state index is 12.2. The predicted molar refractivity (Wildman–Crippen MR) is 72.3 cm³/mol. The molecule has 1 aliphatic rings. The first kappa shape index (κ1) is 14.0. The molecule has 1 aromatic rings. The Kier molecular flexibility index (Phi) is 4.19. The standard InChI is InChI=1S/C13H18N2O3S/c1-8(2)5-11-14-10(7-19-11)12(16)15-4-3-9(6-15)13(17)18/h7-9H,3-6H2,1-2H3,(H,17,18). The first-order valence-electron chi connectivity index (χ1n) is 6.44. The maximum atomic E-state index is 12.2. The molecule has 0 saturated carbocycles. The van der Waals surface area contributed by atoms with Crippen LogP contribution in [0.15, 0.2) is 5.38 Å². The second-order valence-electron chi connectivity index (χ2n) is 5.30. The summed E-state index contributed by atoms with van der Waals surface area (Å²) in [5.41, 5.74) is 0.451. The number of carbonyl (C=O) groups is 2. The molecule has 1 unspecified atom stereocenters. The van der Waals surface area contributed by atoms with E-state index in [4.69, 9.17) is 5.11 Å². The lowest BCUT2D eigenvalue weighted by Gasteiger charge is -2.13. The molecule has 6 heteroatoms. The average Bonchev–Trinajstić information content (AvgIpc) is 2.95. The van der Waals surface area contributed by atoms with Gasteiger partial charge in [0, 0.05) is 24.9 Å². The lowest BCUT2D eigenvalue weighted by molar-refractivity contribution is -0.141. The van der Waals surface area contributed by atoms with E-state index in [9.17, 15) is 9.59 Å². The van der Waals surface area contributed by atoms with Crippen LogP contribution in [0.1, 0.15) is 35.8 Å². The Morgan fingerprint density at radius 3 is 2.89 bits per heavy atom. The number of aliphatic carboxylic acids is 1. The fourth-order valence-electron chi connectivity index (χ4n) is 2.16. The first-order chi connectivity index (χ1) is 8.97. The molecule has 1 N–H and O–H groups in total. The van der Waals surface area contributed by atoms with Gasteiger partial charge in [0.2, 0.25) is 0 Å². The summed E-state index contributed by atoms with van der Waals surface area (Å²) < 4.78 is 0. The van der Waals surface area contributed by atoms with Crippen LogP contribution in [0.3, 0.4) is 0 Å². The van der Waals surface area contributed by atoms with Crippen LogP contribution >= 0.6 is 11.3 Å². The van der Waals surface area contributed by atoms with Gasteiger partial charge in [0.15, 0.2) is 0 Å². The van der Waals surface area contributed by atoms with Crippen LogP contribution in [-0.4, -0.2) is 40.0 Å². The highest BCUT2D eigenvalue weighted by Gasteiger charge is 2.32. The van der Waals surface area contributed by atoms with E-state index < -0.39 is 11.9 Å². The van der Waals surface area contributed by atoms with E-state index >= 15 is 0 Å². The minimum atomic E-state index is -0.825. The molecular formula is C13H18N2O3S. The molecule has 1 aromatic heterocycles. The van der Waals surface area contributed by atoms with Crippen LogP contribution in [0.4, 0.5) is 0 Å². The third-order valence-electron chi connectivity index (χ3n) is 3.18. The van der Waals surface area contributed by atoms with Crippen molar-refractivity contribution >= 4 is 23.2 Å². The molecule has 5 nitrogen and oxygen atoms in total. The van der Waals surface area contributed by atoms with E-state index in [1.165, 1.54) is 11.3 Å². The number of likely N-dealkylation sites (tertiary alicyclic amines) is 1. The van der Waals surface area contributed by atoms with Gasteiger partial charge in [0.1, 0.15) is 5.69 Å². The minimum absolute atomic E-state index is 0.144. The Balaban J connectivity index is 2.00. The SMILES string of the molecule is CC(C)Cc1nc(C(=O)N2CCC(C(=O)O)C2)cs1. The Labute approximate surface area is 116 Å². The summed E-state index contributed by atoms with van der Waals surface area (Å²) in [5.74, 6) is -0.890. The van der Waals surface area contributed by atoms with Gasteiger partial charge in [-0.05, 0) is 12.3 Å². The van der Waals surface area contributed by atoms with E-state index in [1.807, 2.05) is 0 Å². The van der Waals surface area contributed by atoms with E-state index in [2.05, 4.69) is 18.8 Å². The summed E-state index contributed by atoms with van der Waals surface area (Å²) in [4.78, 5) is 29.0. The number of carboxylic acids is 1. The summed E-state index contributed by atoms with van der Waals surface area (Å²) in [6.45, 7) is 5.03. The van der Waals surface area contributed by atoms with Crippen molar-refractivity contribution in [1.29, 1.82) is 0 Å². The predicted octanol–water partition coefficient (Wildman–Crippen LogP) is 1.89. The van der Waals surface area contributed by atoms with Crippen LogP contribution in [0.25, 0.3) is 0 Å². The zero-order chi connectivity index (χ0) is 14.0. The molecule has 2 heterocycles. The quantitative estimate of drug-likeness (QED) is 0.915. The van der Waals surface area contributed by atoms with Crippen molar-refractivity contribution < 1.29 is 14.7 Å². The molecule has 0 aliphatic carbocycles. The van der Waals surface area contributed by atoms with Gasteiger partial charge in [-0.25, -0.2) is 4.98 Å². The Hall–Kier alpha value is -1.43. The molecule has 0 spiro atoms. The molecule has 0 radical (unpaired) electrons. The maximum Gasteiger partial charge on any atom is 0.308 e. The normalized spacial score (nSPS) is 19.1. The zero-order valence-electron chi connectivity index (χ0n) is 11.1. The second-order valence-corrected chi connectivity index (χ2v) is 6.24. The van der Waals surface area contributed by atoms with Gasteiger partial charge in [-0.2, -0.15) is 0 Å². The lowest BCUT2D eigenvalue weighted by atomic mass is 10.1. The summed E-state index contributed by atoms with van der Waals surface area (Å²) in [6, 6.07) is 0. The Bertz CT molecular complexity index is 484. The van der Waals surface area contributed by atoms with Crippen LogP contribution < -0.4 is 0 Å². The fraction of sp³-hybridized carbons (Fsp3) is 0.615. The largest absolute Gasteiger partial charge is 0.481 e. The molecule has 2 rings (SSSR count). The van der Waals surface area contributed by atoms with E-state index in [0.717, 1.165) is 11.4 Å². The van der Waals surface area contributed by atoms with Crippen molar-refractivity contribution in [2.45, 2.75) is 26.7 Å². The Morgan fingerprint density at radius 1 is 1.58 bits per heavy atom. The van der Waals surface area contributed by atoms with Crippen molar-refractivity contribution in [2.75, 3.05) is 13.1 Å². The van der Waals surface area contributed by atoms with Gasteiger partial charge in [-0.15, -0.1) is 11.3 Å². The van der Waals surface area contributed by atoms with Gasteiger partial charge in [0.05, 0.1) is 10.9 Å². The van der Waals surface area contributed by atoms with E-state index in [-0.39, 0.29) is 5.91 Å². The Morgan fingerprint density at radius 2 is 2.32 bits per heavy atom. The number of carboxylic acid groups (broad SMARTS) is 1. The van der Waals surface area contributed by atoms with Crippen LogP contribution in [-0.2, 0) is 11.2 Å². The van der Waals surface area contributed by atoms with Gasteiger partial charge < -0.3 is 10.0 Å². The molecule has 1 amide bonds. The minimum Gasteiger partial charge on any atom is -0.481 e. The number of carbonyl (C=O) groups excluding carboxylic acids is 1. The molecular weight excluding hydrogens is 264 g/mol. The number of thiazole rings is 1. The fourth-order valence-corrected chi connectivity index (χ4v) is 3.14. The summed E-state index contributed by atoms with van der Waals surface area (Å²) in [5, 5.41) is 11.7. The number of aromatic nitrogens is 1. The average molecular weight is 282 g/mol. The number of nitrogens with zero attached hydrogens (tertiary/aromatic N) is 2. The van der Waals surface area contributed by atoms with Crippen LogP contribution in [0.5, 0.6) is 0 Å². The molecule has 1 fully saturated rings. The number of hydrogen-bond acceptors (Lipinski definition) is 4. The summed E-state index contributed by atoms with van der Waals surface area (Å²) in [6.07, 6.45) is 1.40. The molecule has 1 atom stereocenters. The molecule has 0 bridgehead atoms. The van der Waals surface area contributed by atoms with Crippen LogP contribution in [0.2, 0.25) is 0 Å². The van der Waals surface area contributed by atoms with Crippen molar-refractivity contribution in [1.82, 2.24) is 9.88 Å². The highest BCUT2D eigenvalue weighted by molar-refractivity contribution is 7.09. The first-order valence-corrected chi connectivity index (χ1v) is 7.31. The van der Waals surface area contributed by atoms with E-state index in [0.29, 0.717) is 31.1 Å². The van der Waals surface area contributed by atoms with E-state index in [1.54, 1.807) is 10.3 Å². The van der Waals surface area contributed by atoms with Crippen molar-refractivity contribution in [3.63, 3.8) is 0 Å². The topological polar surface area (TPSA) is 70.5 Å². The molecule has 1 aliphatic heterocycles. The van der Waals surface area contributed by atoms with Gasteiger partial charge in [0.25, 0.3) is 5.91 Å². The van der Waals surface area contributed by atoms with Crippen molar-refractivity contribution in [2.24, 2.45) is 11.8 Å². The summed E-state index contributed by atoms with van der Waals surface area (Å²) >= 11 is 1.50. The third kappa shape index (κ3) is 3.32. The van der Waals surface area contributed by atoms with Crippen molar-refractivity contribution in [3.8, 4) is 0 Å². The smallest absolute Gasteiger partial charge is 0.308 e. The number of amides is 1. The summed E-state index contributed by atoms with van der Waals surface area (Å²) in [7, 11) is 0. The molecule has 19 heavy (non-hydrogen) atoms. The number of hydrogen-bond donors (Lipinski definition) is 1. The second kappa shape index (κ2) is 5.69. The van der Waals surface area contributed by atoms with Crippen molar-refractivity contribution in [3.05, 3.63) is 16.1 Å². The monoisotopic (exact) mass is 282 g/mol. The number of rotatable bonds is 4. The third-order valence-corrected chi connectivity index (χ3v) is 4.05. The molecule has 104 valence electrons. The zero-order valence-corrected chi connectivity index (χ0v) is 11.9. The van der Waals surface area contributed by atoms with Gasteiger partial charge >= 0.3 is 5.97 Å². The highest BCUT2D eigenvalue weighted by Crippen LogP contribution is 2.21. The van der Waals surface area contributed by atoms with Crippen LogP contribution in [0, 0.1) is 11.8 Å².